The van der Waals surface area contributed by atoms with E-state index in [1.54, 1.807) is 0 Å². The van der Waals surface area contributed by atoms with E-state index in [0.29, 0.717) is 0 Å². The number of amidine groups is 1. The zero-order valence-corrected chi connectivity index (χ0v) is 23.2. The van der Waals surface area contributed by atoms with Crippen LogP contribution in [0.1, 0.15) is 47.0 Å². The van der Waals surface area contributed by atoms with E-state index >= 15 is 0 Å². The van der Waals surface area contributed by atoms with Gasteiger partial charge in [0.1, 0.15) is 18.2 Å². The van der Waals surface area contributed by atoms with Gasteiger partial charge in [-0.25, -0.2) is 4.99 Å². The lowest BCUT2D eigenvalue weighted by Crippen LogP contribution is -2.47. The molecule has 2 aliphatic heterocycles. The summed E-state index contributed by atoms with van der Waals surface area (Å²) in [6, 6.07) is 41.5. The van der Waals surface area contributed by atoms with Gasteiger partial charge in [0.05, 0.1) is 6.04 Å². The molecular weight excluding hydrogens is 512 g/mol. The van der Waals surface area contributed by atoms with Crippen molar-refractivity contribution in [1.29, 1.82) is 0 Å². The quantitative estimate of drug-likeness (QED) is 0.213. The molecule has 42 heavy (non-hydrogen) atoms. The molecule has 1 aliphatic carbocycles. The van der Waals surface area contributed by atoms with Gasteiger partial charge in [0, 0.05) is 17.2 Å². The molecule has 5 aromatic rings. The predicted octanol–water partition coefficient (Wildman–Crippen LogP) is 8.44. The van der Waals surface area contributed by atoms with Gasteiger partial charge in [-0.15, -0.1) is 0 Å². The Kier molecular flexibility index (Phi) is 6.19. The fourth-order valence-corrected chi connectivity index (χ4v) is 6.60. The average Bonchev–Trinajstić information content (AvgIpc) is 3.08. The summed E-state index contributed by atoms with van der Waals surface area (Å²) < 4.78 is 0. The number of benzene rings is 5. The minimum Gasteiger partial charge on any atom is -0.374 e. The number of para-hydroxylation sites is 1. The second kappa shape index (κ2) is 10.5. The van der Waals surface area contributed by atoms with E-state index in [4.69, 9.17) is 4.99 Å². The van der Waals surface area contributed by atoms with Crippen LogP contribution in [0.5, 0.6) is 0 Å². The highest BCUT2D eigenvalue weighted by Crippen LogP contribution is 2.46. The molecular formula is C38H32N4. The van der Waals surface area contributed by atoms with E-state index in [0.717, 1.165) is 17.8 Å². The third kappa shape index (κ3) is 4.41. The molecule has 5 aromatic carbocycles. The zero-order valence-electron chi connectivity index (χ0n) is 23.2. The summed E-state index contributed by atoms with van der Waals surface area (Å²) in [5, 5.41) is 13.9. The highest BCUT2D eigenvalue weighted by Gasteiger charge is 2.30. The summed E-state index contributed by atoms with van der Waals surface area (Å²) in [6.45, 7) is 0. The molecule has 4 unspecified atom stereocenters. The van der Waals surface area contributed by atoms with Crippen LogP contribution in [0, 0.1) is 5.92 Å². The minimum absolute atomic E-state index is 0.0287. The average molecular weight is 545 g/mol. The van der Waals surface area contributed by atoms with Gasteiger partial charge in [-0.05, 0) is 57.1 Å². The summed E-state index contributed by atoms with van der Waals surface area (Å²) >= 11 is 0. The maximum Gasteiger partial charge on any atom is 0.129 e. The molecule has 0 fully saturated rings. The molecule has 4 atom stereocenters. The van der Waals surface area contributed by atoms with Crippen molar-refractivity contribution >= 4 is 22.3 Å². The summed E-state index contributed by atoms with van der Waals surface area (Å²) in [5.41, 5.74) is 8.63. The molecule has 0 bridgehead atoms. The van der Waals surface area contributed by atoms with Crippen LogP contribution < -0.4 is 16.0 Å². The van der Waals surface area contributed by atoms with Crippen molar-refractivity contribution in [2.45, 2.75) is 24.8 Å². The van der Waals surface area contributed by atoms with Crippen molar-refractivity contribution in [3.05, 3.63) is 162 Å². The number of rotatable bonds is 4. The molecule has 0 radical (unpaired) electrons. The van der Waals surface area contributed by atoms with Crippen molar-refractivity contribution < 1.29 is 0 Å². The van der Waals surface area contributed by atoms with Gasteiger partial charge in [0.15, 0.2) is 0 Å². The number of hydrogen-bond acceptors (Lipinski definition) is 4. The lowest BCUT2D eigenvalue weighted by atomic mass is 9.83. The number of aliphatic imine (C=N–C) groups is 1. The Morgan fingerprint density at radius 3 is 2.38 bits per heavy atom. The molecule has 0 saturated carbocycles. The molecule has 3 aliphatic rings. The maximum absolute atomic E-state index is 5.25. The number of fused-ring (bicyclic) bond motifs is 5. The number of anilines is 1. The molecule has 204 valence electrons. The summed E-state index contributed by atoms with van der Waals surface area (Å²) in [4.78, 5) is 5.25. The van der Waals surface area contributed by atoms with Gasteiger partial charge in [0.2, 0.25) is 0 Å². The fraction of sp³-hybridized carbons (Fsp3) is 0.132. The second-order valence-corrected chi connectivity index (χ2v) is 11.3. The standard InChI is InChI=1S/C38H32N4/c1-3-13-26(14-4-1)36-40-37(27-15-5-2-6-16-27)42-38(41-36)29-18-11-17-28(24-29)35-32-23-22-25-12-7-8-19-30(25)34(32)31-20-9-10-21-33(31)39-35/h1-15,17-24,27,35-36,38-39,41H,16H2,(H,40,42). The normalized spacial score (nSPS) is 22.4. The first kappa shape index (κ1) is 24.8. The van der Waals surface area contributed by atoms with Crippen LogP contribution in [0.25, 0.3) is 21.9 Å². The Labute approximate surface area is 246 Å². The summed E-state index contributed by atoms with van der Waals surface area (Å²) in [7, 11) is 0. The fourth-order valence-electron chi connectivity index (χ4n) is 6.60. The van der Waals surface area contributed by atoms with E-state index in [1.165, 1.54) is 44.3 Å². The van der Waals surface area contributed by atoms with Gasteiger partial charge >= 0.3 is 0 Å². The van der Waals surface area contributed by atoms with E-state index in [1.807, 2.05) is 0 Å². The van der Waals surface area contributed by atoms with E-state index in [2.05, 4.69) is 156 Å². The van der Waals surface area contributed by atoms with Crippen LogP contribution in [-0.2, 0) is 0 Å². The molecule has 3 N–H and O–H groups in total. The minimum atomic E-state index is -0.169. The predicted molar refractivity (Wildman–Crippen MR) is 173 cm³/mol. The molecule has 8 rings (SSSR count). The van der Waals surface area contributed by atoms with E-state index < -0.39 is 0 Å². The largest absolute Gasteiger partial charge is 0.374 e. The summed E-state index contributed by atoms with van der Waals surface area (Å²) in [5.74, 6) is 1.27. The second-order valence-electron chi connectivity index (χ2n) is 11.3. The zero-order chi connectivity index (χ0) is 27.9. The van der Waals surface area contributed by atoms with Crippen LogP contribution in [0.4, 0.5) is 5.69 Å². The monoisotopic (exact) mass is 544 g/mol. The van der Waals surface area contributed by atoms with Crippen molar-refractivity contribution in [3.63, 3.8) is 0 Å². The highest BCUT2D eigenvalue weighted by atomic mass is 15.3. The topological polar surface area (TPSA) is 48.5 Å². The molecule has 4 heteroatoms. The van der Waals surface area contributed by atoms with Gasteiger partial charge in [0.25, 0.3) is 0 Å². The van der Waals surface area contributed by atoms with Crippen LogP contribution in [-0.4, -0.2) is 5.84 Å². The molecule has 0 saturated heterocycles. The van der Waals surface area contributed by atoms with Gasteiger partial charge < -0.3 is 10.6 Å². The molecule has 0 amide bonds. The first-order valence-corrected chi connectivity index (χ1v) is 14.8. The van der Waals surface area contributed by atoms with Gasteiger partial charge in [-0.2, -0.15) is 0 Å². The Hall–Kier alpha value is -4.93. The van der Waals surface area contributed by atoms with Gasteiger partial charge in [-0.1, -0.05) is 127 Å². The lowest BCUT2D eigenvalue weighted by molar-refractivity contribution is 0.399. The molecule has 4 nitrogen and oxygen atoms in total. The third-order valence-corrected chi connectivity index (χ3v) is 8.68. The van der Waals surface area contributed by atoms with Crippen LogP contribution >= 0.6 is 0 Å². The van der Waals surface area contributed by atoms with Crippen molar-refractivity contribution in [2.75, 3.05) is 5.32 Å². The first-order chi connectivity index (χ1) is 20.8. The Balaban J connectivity index is 1.21. The SMILES string of the molecule is C1=CCC(C2=NC(c3cccc(C4Nc5ccccc5-c5c4ccc4ccccc54)c3)NC(c3ccccc3)N2)C=C1. The Morgan fingerprint density at radius 1 is 0.667 bits per heavy atom. The first-order valence-electron chi connectivity index (χ1n) is 14.8. The van der Waals surface area contributed by atoms with Crippen LogP contribution in [0.15, 0.2) is 145 Å². The van der Waals surface area contributed by atoms with E-state index in [9.17, 15) is 0 Å². The highest BCUT2D eigenvalue weighted by molar-refractivity contribution is 6.03. The number of hydrogen-bond donors (Lipinski definition) is 3. The number of nitrogens with zero attached hydrogens (tertiary/aromatic N) is 1. The summed E-state index contributed by atoms with van der Waals surface area (Å²) in [6.07, 6.45) is 9.46. The van der Waals surface area contributed by atoms with E-state index in [-0.39, 0.29) is 24.3 Å². The number of nitrogens with one attached hydrogen (secondary N) is 3. The Morgan fingerprint density at radius 2 is 1.48 bits per heavy atom. The third-order valence-electron chi connectivity index (χ3n) is 8.68. The Bertz CT molecular complexity index is 1870. The number of allylic oxidation sites excluding steroid dienone is 3. The lowest BCUT2D eigenvalue weighted by Gasteiger charge is -2.35. The molecule has 0 spiro atoms. The van der Waals surface area contributed by atoms with Crippen LogP contribution in [0.3, 0.4) is 0 Å². The van der Waals surface area contributed by atoms with Crippen LogP contribution in [0.2, 0.25) is 0 Å². The molecule has 2 heterocycles. The van der Waals surface area contributed by atoms with Gasteiger partial charge in [-0.3, -0.25) is 5.32 Å². The van der Waals surface area contributed by atoms with Crippen molar-refractivity contribution in [1.82, 2.24) is 10.6 Å². The van der Waals surface area contributed by atoms with Crippen molar-refractivity contribution in [3.8, 4) is 11.1 Å². The van der Waals surface area contributed by atoms with Crippen molar-refractivity contribution in [2.24, 2.45) is 10.9 Å². The molecule has 0 aromatic heterocycles. The smallest absolute Gasteiger partial charge is 0.129 e. The maximum atomic E-state index is 5.25.